The van der Waals surface area contributed by atoms with Gasteiger partial charge in [-0.1, -0.05) is 153 Å². The highest BCUT2D eigenvalue weighted by atomic mass is 31.2. The number of aliphatic hydroxyl groups is 5. The highest BCUT2D eigenvalue weighted by molar-refractivity contribution is 7.47. The summed E-state index contributed by atoms with van der Waals surface area (Å²) in [5, 5.41) is 50.2. The molecule has 6 unspecified atom stereocenters. The number of allylic oxidation sites excluding steroid dienone is 6. The number of esters is 1. The van der Waals surface area contributed by atoms with E-state index in [0.29, 0.717) is 13.0 Å². The quantitative estimate of drug-likeness (QED) is 0.0148. The first kappa shape index (κ1) is 56.6. The fourth-order valence-corrected chi connectivity index (χ4v) is 8.12. The molecule has 352 valence electrons. The molecule has 12 nitrogen and oxygen atoms in total. The molecule has 0 bridgehead atoms. The molecule has 1 aliphatic carbocycles. The summed E-state index contributed by atoms with van der Waals surface area (Å²) in [4.78, 5) is 23.2. The molecule has 0 aromatic carbocycles. The van der Waals surface area contributed by atoms with Gasteiger partial charge in [0.2, 0.25) is 0 Å². The van der Waals surface area contributed by atoms with Crippen LogP contribution in [-0.2, 0) is 27.9 Å². The molecule has 0 aromatic rings. The van der Waals surface area contributed by atoms with Gasteiger partial charge in [-0.15, -0.1) is 0 Å². The van der Waals surface area contributed by atoms with Crippen LogP contribution in [0.15, 0.2) is 36.5 Å². The van der Waals surface area contributed by atoms with Crippen LogP contribution in [0.3, 0.4) is 0 Å². The zero-order valence-corrected chi connectivity index (χ0v) is 38.4. The zero-order valence-electron chi connectivity index (χ0n) is 37.5. The first-order chi connectivity index (χ1) is 29.0. The number of ether oxygens (including phenoxy) is 2. The van der Waals surface area contributed by atoms with Gasteiger partial charge in [0.15, 0.2) is 0 Å². The van der Waals surface area contributed by atoms with E-state index in [1.807, 2.05) is 0 Å². The van der Waals surface area contributed by atoms with Crippen molar-refractivity contribution in [2.45, 2.75) is 236 Å². The van der Waals surface area contributed by atoms with E-state index in [-0.39, 0.29) is 13.0 Å². The summed E-state index contributed by atoms with van der Waals surface area (Å²) >= 11 is 0. The van der Waals surface area contributed by atoms with Crippen LogP contribution in [0.25, 0.3) is 0 Å². The molecule has 1 saturated carbocycles. The minimum absolute atomic E-state index is 0.0833. The fraction of sp³-hybridized carbons (Fsp3) is 0.851. The molecule has 0 saturated heterocycles. The molecule has 6 atom stereocenters. The molecule has 0 aromatic heterocycles. The predicted octanol–water partition coefficient (Wildman–Crippen LogP) is 9.87. The summed E-state index contributed by atoms with van der Waals surface area (Å²) in [5.41, 5.74) is 0. The minimum atomic E-state index is -5.02. The van der Waals surface area contributed by atoms with Crippen LogP contribution in [-0.4, -0.2) is 98.9 Å². The number of unbranched alkanes of at least 4 members (excludes halogenated alkanes) is 22. The Morgan fingerprint density at radius 1 is 0.533 bits per heavy atom. The van der Waals surface area contributed by atoms with Gasteiger partial charge in [0.25, 0.3) is 0 Å². The lowest BCUT2D eigenvalue weighted by atomic mass is 9.85. The maximum atomic E-state index is 12.8. The number of aliphatic hydroxyl groups excluding tert-OH is 5. The second-order valence-corrected chi connectivity index (χ2v) is 18.0. The summed E-state index contributed by atoms with van der Waals surface area (Å²) in [6.07, 6.45) is 32.0. The lowest BCUT2D eigenvalue weighted by molar-refractivity contribution is -0.220. The normalized spacial score (nSPS) is 22.6. The van der Waals surface area contributed by atoms with Crippen LogP contribution in [0.1, 0.15) is 194 Å². The van der Waals surface area contributed by atoms with Crippen molar-refractivity contribution in [2.75, 3.05) is 19.8 Å². The van der Waals surface area contributed by atoms with E-state index < -0.39 is 63.1 Å². The molecule has 0 radical (unpaired) electrons. The largest absolute Gasteiger partial charge is 0.472 e. The van der Waals surface area contributed by atoms with E-state index >= 15 is 0 Å². The summed E-state index contributed by atoms with van der Waals surface area (Å²) in [7, 11) is -5.02. The Balaban J connectivity index is 2.39. The number of rotatable bonds is 40. The third-order valence-electron chi connectivity index (χ3n) is 11.0. The molecule has 0 heterocycles. The Bertz CT molecular complexity index is 1130. The third kappa shape index (κ3) is 29.8. The molecule has 1 aliphatic rings. The second kappa shape index (κ2) is 38.1. The summed E-state index contributed by atoms with van der Waals surface area (Å²) in [6, 6.07) is 0. The highest BCUT2D eigenvalue weighted by Gasteiger charge is 2.51. The van der Waals surface area contributed by atoms with Gasteiger partial charge in [-0.2, -0.15) is 0 Å². The standard InChI is InChI=1S/C47H87O12P/c1-3-5-7-9-11-13-15-17-19-20-21-22-24-26-28-30-32-34-36-41(48)58-40(39-57-60(54,55)59-47-45(52)43(50)42(49)44(51)46(47)53)38-56-37-35-33-31-29-27-25-23-18-16-14-12-10-8-6-4-2/h13,15-16,18-20,40,42-47,49-53H,3-12,14,17,21-39H2,1-2H3,(H,54,55)/b15-13-,18-16-,20-19-. The number of hydrogen-bond donors (Lipinski definition) is 6. The average molecular weight is 875 g/mol. The van der Waals surface area contributed by atoms with Gasteiger partial charge in [0, 0.05) is 13.0 Å². The van der Waals surface area contributed by atoms with Crippen LogP contribution in [0.2, 0.25) is 0 Å². The molecule has 6 N–H and O–H groups in total. The minimum Gasteiger partial charge on any atom is -0.457 e. The third-order valence-corrected chi connectivity index (χ3v) is 12.0. The predicted molar refractivity (Wildman–Crippen MR) is 239 cm³/mol. The average Bonchev–Trinajstić information content (AvgIpc) is 3.23. The van der Waals surface area contributed by atoms with Gasteiger partial charge < -0.3 is 39.9 Å². The SMILES string of the molecule is CCCCCC/C=C\C/C=C\CCCCCCCCCC(=O)OC(COCCCCCCCC/C=C\CCCCCCC)COP(=O)(O)OC1C(O)C(O)C(O)C(O)C1O. The number of carbonyl (C=O) groups is 1. The molecule has 0 aliphatic heterocycles. The Hall–Kier alpha value is -1.44. The van der Waals surface area contributed by atoms with Crippen LogP contribution >= 0.6 is 7.82 Å². The van der Waals surface area contributed by atoms with Crippen LogP contribution in [0, 0.1) is 0 Å². The fourth-order valence-electron chi connectivity index (χ4n) is 7.14. The Kier molecular flexibility index (Phi) is 35.9. The van der Waals surface area contributed by atoms with E-state index in [0.717, 1.165) is 70.6 Å². The van der Waals surface area contributed by atoms with Crippen molar-refractivity contribution in [2.24, 2.45) is 0 Å². The van der Waals surface area contributed by atoms with Gasteiger partial charge in [0.1, 0.15) is 42.7 Å². The monoisotopic (exact) mass is 875 g/mol. The van der Waals surface area contributed by atoms with Gasteiger partial charge in [-0.3, -0.25) is 13.8 Å². The molecule has 1 fully saturated rings. The van der Waals surface area contributed by atoms with Crippen molar-refractivity contribution >= 4 is 13.8 Å². The van der Waals surface area contributed by atoms with Gasteiger partial charge in [0.05, 0.1) is 13.2 Å². The van der Waals surface area contributed by atoms with E-state index in [9.17, 15) is 39.8 Å². The number of hydrogen-bond acceptors (Lipinski definition) is 11. The van der Waals surface area contributed by atoms with Gasteiger partial charge in [-0.05, 0) is 70.6 Å². The molecule has 1 rings (SSSR count). The highest BCUT2D eigenvalue weighted by Crippen LogP contribution is 2.47. The van der Waals surface area contributed by atoms with Crippen LogP contribution < -0.4 is 0 Å². The number of phosphoric ester groups is 1. The summed E-state index contributed by atoms with van der Waals surface area (Å²) < 4.78 is 34.2. The topological polar surface area (TPSA) is 192 Å². The maximum Gasteiger partial charge on any atom is 0.472 e. The molecule has 0 amide bonds. The first-order valence-electron chi connectivity index (χ1n) is 23.8. The van der Waals surface area contributed by atoms with Crippen molar-refractivity contribution < 1.29 is 58.3 Å². The molecule has 60 heavy (non-hydrogen) atoms. The van der Waals surface area contributed by atoms with Gasteiger partial charge in [-0.25, -0.2) is 4.57 Å². The molecular weight excluding hydrogens is 787 g/mol. The number of carbonyl (C=O) groups excluding carboxylic acids is 1. The maximum absolute atomic E-state index is 12.8. The Morgan fingerprint density at radius 2 is 0.933 bits per heavy atom. The summed E-state index contributed by atoms with van der Waals surface area (Å²) in [5.74, 6) is -0.487. The van der Waals surface area contributed by atoms with Crippen molar-refractivity contribution in [3.63, 3.8) is 0 Å². The second-order valence-electron chi connectivity index (χ2n) is 16.6. The lowest BCUT2D eigenvalue weighted by Crippen LogP contribution is -2.64. The van der Waals surface area contributed by atoms with E-state index in [1.165, 1.54) is 96.3 Å². The smallest absolute Gasteiger partial charge is 0.457 e. The lowest BCUT2D eigenvalue weighted by Gasteiger charge is -2.41. The van der Waals surface area contributed by atoms with Crippen molar-refractivity contribution in [3.8, 4) is 0 Å². The van der Waals surface area contributed by atoms with E-state index in [1.54, 1.807) is 0 Å². The van der Waals surface area contributed by atoms with E-state index in [2.05, 4.69) is 50.3 Å². The number of phosphoric acid groups is 1. The Morgan fingerprint density at radius 3 is 1.43 bits per heavy atom. The zero-order chi connectivity index (χ0) is 44.1. The van der Waals surface area contributed by atoms with Crippen LogP contribution in [0.4, 0.5) is 0 Å². The van der Waals surface area contributed by atoms with E-state index in [4.69, 9.17) is 18.5 Å². The van der Waals surface area contributed by atoms with Crippen LogP contribution in [0.5, 0.6) is 0 Å². The van der Waals surface area contributed by atoms with Gasteiger partial charge >= 0.3 is 13.8 Å². The molecule has 13 heteroatoms. The Labute approximate surface area is 363 Å². The summed E-state index contributed by atoms with van der Waals surface area (Å²) in [6.45, 7) is 4.22. The van der Waals surface area contributed by atoms with Crippen molar-refractivity contribution in [3.05, 3.63) is 36.5 Å². The molecular formula is C47H87O12P. The first-order valence-corrected chi connectivity index (χ1v) is 25.3. The van der Waals surface area contributed by atoms with Crippen molar-refractivity contribution in [1.29, 1.82) is 0 Å². The van der Waals surface area contributed by atoms with Crippen molar-refractivity contribution in [1.82, 2.24) is 0 Å². The molecule has 0 spiro atoms.